The molecule has 3 aromatic carbocycles. The van der Waals surface area contributed by atoms with Gasteiger partial charge in [0, 0.05) is 18.1 Å². The van der Waals surface area contributed by atoms with E-state index in [-0.39, 0.29) is 6.04 Å². The molecule has 3 aromatic rings. The molecule has 0 spiro atoms. The zero-order valence-electron chi connectivity index (χ0n) is 25.4. The van der Waals surface area contributed by atoms with Crippen LogP contribution in [-0.4, -0.2) is 52.1 Å². The van der Waals surface area contributed by atoms with Crippen LogP contribution in [0.2, 0.25) is 0 Å². The Labute approximate surface area is 249 Å². The van der Waals surface area contributed by atoms with E-state index in [2.05, 4.69) is 55.7 Å². The SMILES string of the molecule is CC(N)Cc1ccc2c(c1)OCO2.CCNC(C)Cc1ccc2c(c1)OCO2.CNC(C)Cc1ccc2c(c1)OCO2. The monoisotopic (exact) mass is 579 g/mol. The van der Waals surface area contributed by atoms with Crippen LogP contribution in [0, 0.1) is 0 Å². The van der Waals surface area contributed by atoms with Crippen LogP contribution in [0.4, 0.5) is 0 Å². The summed E-state index contributed by atoms with van der Waals surface area (Å²) in [6.07, 6.45) is 2.90. The molecule has 0 radical (unpaired) electrons. The van der Waals surface area contributed by atoms with Crippen molar-refractivity contribution in [3.63, 3.8) is 0 Å². The Bertz CT molecular complexity index is 1280. The minimum Gasteiger partial charge on any atom is -0.454 e. The molecule has 9 heteroatoms. The van der Waals surface area contributed by atoms with Gasteiger partial charge in [-0.25, -0.2) is 0 Å². The lowest BCUT2D eigenvalue weighted by Crippen LogP contribution is -2.27. The molecule has 3 atom stereocenters. The minimum atomic E-state index is 0.181. The molecule has 4 N–H and O–H groups in total. The standard InChI is InChI=1S/C12H17NO2.C11H15NO2.C10H13NO2/c1-3-13-9(2)6-10-4-5-11-12(7-10)15-8-14-11;1-8(12-2)5-9-3-4-10-11(6-9)14-7-13-10;1-7(11)4-8-2-3-9-10(5-8)13-6-12-9/h4-5,7,9,13H,3,6,8H2,1-2H3;3-4,6,8,12H,5,7H2,1-2H3;2-3,5,7H,4,6,11H2,1H3. The normalized spacial score (nSPS) is 15.6. The number of fused-ring (bicyclic) bond motifs is 3. The van der Waals surface area contributed by atoms with Gasteiger partial charge >= 0.3 is 0 Å². The van der Waals surface area contributed by atoms with Gasteiger partial charge in [0.25, 0.3) is 0 Å². The second kappa shape index (κ2) is 15.5. The molecule has 0 fully saturated rings. The van der Waals surface area contributed by atoms with Crippen molar-refractivity contribution in [3.8, 4) is 34.5 Å². The molecule has 0 saturated heterocycles. The summed E-state index contributed by atoms with van der Waals surface area (Å²) in [6, 6.07) is 19.4. The molecule has 0 aliphatic carbocycles. The van der Waals surface area contributed by atoms with E-state index >= 15 is 0 Å². The molecule has 0 amide bonds. The second-order valence-corrected chi connectivity index (χ2v) is 10.8. The second-order valence-electron chi connectivity index (χ2n) is 10.8. The Hall–Kier alpha value is -3.66. The van der Waals surface area contributed by atoms with Crippen LogP contribution in [-0.2, 0) is 19.3 Å². The zero-order chi connectivity index (χ0) is 29.9. The fourth-order valence-corrected chi connectivity index (χ4v) is 4.81. The van der Waals surface area contributed by atoms with Crippen molar-refractivity contribution in [2.45, 2.75) is 65.1 Å². The van der Waals surface area contributed by atoms with E-state index in [9.17, 15) is 0 Å². The maximum Gasteiger partial charge on any atom is 0.231 e. The van der Waals surface area contributed by atoms with Gasteiger partial charge < -0.3 is 44.8 Å². The van der Waals surface area contributed by atoms with Crippen LogP contribution < -0.4 is 44.8 Å². The fourth-order valence-electron chi connectivity index (χ4n) is 4.81. The molecule has 3 heterocycles. The molecule has 9 nitrogen and oxygen atoms in total. The summed E-state index contributed by atoms with van der Waals surface area (Å²) in [7, 11) is 1.97. The summed E-state index contributed by atoms with van der Waals surface area (Å²) in [4.78, 5) is 0. The third-order valence-corrected chi connectivity index (χ3v) is 7.00. The quantitative estimate of drug-likeness (QED) is 0.329. The van der Waals surface area contributed by atoms with Crippen LogP contribution in [0.15, 0.2) is 54.6 Å². The third-order valence-electron chi connectivity index (χ3n) is 7.00. The van der Waals surface area contributed by atoms with Gasteiger partial charge in [0.05, 0.1) is 0 Å². The lowest BCUT2D eigenvalue weighted by atomic mass is 10.1. The van der Waals surface area contributed by atoms with E-state index in [0.29, 0.717) is 32.5 Å². The summed E-state index contributed by atoms with van der Waals surface area (Å²) >= 11 is 0. The Morgan fingerprint density at radius 1 is 0.595 bits per heavy atom. The van der Waals surface area contributed by atoms with Gasteiger partial charge in [-0.3, -0.25) is 0 Å². The maximum atomic E-state index is 5.70. The molecule has 0 saturated carbocycles. The average molecular weight is 580 g/mol. The molecule has 42 heavy (non-hydrogen) atoms. The minimum absolute atomic E-state index is 0.181. The smallest absolute Gasteiger partial charge is 0.231 e. The van der Waals surface area contributed by atoms with Crippen LogP contribution in [0.3, 0.4) is 0 Å². The van der Waals surface area contributed by atoms with Gasteiger partial charge in [0.2, 0.25) is 20.4 Å². The van der Waals surface area contributed by atoms with Crippen LogP contribution in [0.25, 0.3) is 0 Å². The van der Waals surface area contributed by atoms with Crippen molar-refractivity contribution >= 4 is 0 Å². The van der Waals surface area contributed by atoms with E-state index in [1.54, 1.807) is 0 Å². The highest BCUT2D eigenvalue weighted by Gasteiger charge is 2.15. The molecule has 3 aliphatic heterocycles. The van der Waals surface area contributed by atoms with Crippen LogP contribution in [0.5, 0.6) is 34.5 Å². The number of nitrogens with one attached hydrogen (secondary N) is 2. The van der Waals surface area contributed by atoms with E-state index in [1.165, 1.54) is 16.7 Å². The first-order chi connectivity index (χ1) is 20.3. The average Bonchev–Trinajstić information content (AvgIpc) is 3.73. The highest BCUT2D eigenvalue weighted by atomic mass is 16.7. The maximum absolute atomic E-state index is 5.70. The fraction of sp³-hybridized carbons (Fsp3) is 0.455. The largest absolute Gasteiger partial charge is 0.454 e. The highest BCUT2D eigenvalue weighted by molar-refractivity contribution is 5.46. The van der Waals surface area contributed by atoms with Gasteiger partial charge in [-0.2, -0.15) is 0 Å². The molecule has 3 unspecified atom stereocenters. The lowest BCUT2D eigenvalue weighted by Gasteiger charge is -2.12. The zero-order valence-corrected chi connectivity index (χ0v) is 25.4. The number of ether oxygens (including phenoxy) is 6. The first-order valence-corrected chi connectivity index (χ1v) is 14.7. The van der Waals surface area contributed by atoms with Gasteiger partial charge in [-0.15, -0.1) is 0 Å². The Kier molecular flexibility index (Phi) is 11.6. The molecule has 0 aromatic heterocycles. The molecule has 228 valence electrons. The van der Waals surface area contributed by atoms with Crippen molar-refractivity contribution < 1.29 is 28.4 Å². The van der Waals surface area contributed by atoms with Crippen molar-refractivity contribution in [2.24, 2.45) is 5.73 Å². The summed E-state index contributed by atoms with van der Waals surface area (Å²) in [6.45, 7) is 10.5. The number of nitrogens with two attached hydrogens (primary N) is 1. The summed E-state index contributed by atoms with van der Waals surface area (Å²) in [5.41, 5.74) is 9.45. The highest BCUT2D eigenvalue weighted by Crippen LogP contribution is 2.34. The third kappa shape index (κ3) is 9.17. The Balaban J connectivity index is 0.000000145. The van der Waals surface area contributed by atoms with E-state index in [4.69, 9.17) is 34.2 Å². The summed E-state index contributed by atoms with van der Waals surface area (Å²) in [5, 5.41) is 6.60. The molecule has 6 rings (SSSR count). The number of hydrogen-bond donors (Lipinski definition) is 3. The summed E-state index contributed by atoms with van der Waals surface area (Å²) < 4.78 is 31.6. The predicted molar refractivity (Wildman–Crippen MR) is 164 cm³/mol. The van der Waals surface area contributed by atoms with Crippen LogP contribution in [0.1, 0.15) is 44.4 Å². The summed E-state index contributed by atoms with van der Waals surface area (Å²) in [5.74, 6) is 5.11. The van der Waals surface area contributed by atoms with Gasteiger partial charge in [-0.1, -0.05) is 25.1 Å². The number of hydrogen-bond acceptors (Lipinski definition) is 9. The molecular formula is C33H45N3O6. The van der Waals surface area contributed by atoms with Gasteiger partial charge in [0.15, 0.2) is 34.5 Å². The van der Waals surface area contributed by atoms with E-state index in [0.717, 1.165) is 60.3 Å². The topological polar surface area (TPSA) is 105 Å². The van der Waals surface area contributed by atoms with Gasteiger partial charge in [0.1, 0.15) is 0 Å². The first-order valence-electron chi connectivity index (χ1n) is 14.7. The number of rotatable bonds is 9. The van der Waals surface area contributed by atoms with Crippen molar-refractivity contribution in [1.82, 2.24) is 10.6 Å². The molecular weight excluding hydrogens is 534 g/mol. The predicted octanol–water partition coefficient (Wildman–Crippen LogP) is 4.83. The Morgan fingerprint density at radius 3 is 1.36 bits per heavy atom. The lowest BCUT2D eigenvalue weighted by molar-refractivity contribution is 0.173. The number of benzene rings is 3. The van der Waals surface area contributed by atoms with Crippen LogP contribution >= 0.6 is 0 Å². The van der Waals surface area contributed by atoms with E-state index in [1.807, 2.05) is 44.3 Å². The first kappa shape index (κ1) is 31.3. The number of likely N-dealkylation sites (N-methyl/N-ethyl adjacent to an activating group) is 2. The Morgan fingerprint density at radius 2 is 0.976 bits per heavy atom. The van der Waals surface area contributed by atoms with Crippen molar-refractivity contribution in [1.29, 1.82) is 0 Å². The van der Waals surface area contributed by atoms with Crippen molar-refractivity contribution in [3.05, 3.63) is 71.3 Å². The molecule has 0 bridgehead atoms. The molecule has 3 aliphatic rings. The van der Waals surface area contributed by atoms with Crippen molar-refractivity contribution in [2.75, 3.05) is 34.0 Å². The van der Waals surface area contributed by atoms with E-state index < -0.39 is 0 Å². The van der Waals surface area contributed by atoms with Gasteiger partial charge in [-0.05, 0) is 107 Å².